The third kappa shape index (κ3) is 6.66. The number of carbonyl (C=O) groups is 1. The van der Waals surface area contributed by atoms with Crippen LogP contribution in [0.1, 0.15) is 11.1 Å². The molecule has 26 heavy (non-hydrogen) atoms. The average molecular weight is 367 g/mol. The number of hydrogen-bond acceptors (Lipinski definition) is 4. The van der Waals surface area contributed by atoms with Crippen molar-refractivity contribution in [3.05, 3.63) is 59.7 Å². The second kappa shape index (κ2) is 8.60. The molecule has 7 heteroatoms. The van der Waals surface area contributed by atoms with Crippen LogP contribution in [-0.4, -0.2) is 32.8 Å². The van der Waals surface area contributed by atoms with Crippen molar-refractivity contribution >= 4 is 11.7 Å². The maximum absolute atomic E-state index is 12.1. The van der Waals surface area contributed by atoms with E-state index in [1.165, 1.54) is 12.1 Å². The van der Waals surface area contributed by atoms with E-state index in [0.29, 0.717) is 5.56 Å². The van der Waals surface area contributed by atoms with Crippen molar-refractivity contribution in [2.24, 2.45) is 0 Å². The number of hydrogen-bond donors (Lipinski definition) is 0. The van der Waals surface area contributed by atoms with E-state index in [1.54, 1.807) is 12.1 Å². The van der Waals surface area contributed by atoms with E-state index in [0.717, 1.165) is 11.3 Å². The molecule has 0 saturated heterocycles. The first-order chi connectivity index (χ1) is 12.2. The number of alkyl halides is 3. The van der Waals surface area contributed by atoms with Crippen molar-refractivity contribution in [1.29, 1.82) is 0 Å². The van der Waals surface area contributed by atoms with Gasteiger partial charge in [0, 0.05) is 19.8 Å². The van der Waals surface area contributed by atoms with Gasteiger partial charge in [0.15, 0.2) is 6.61 Å². The number of anilines is 1. The van der Waals surface area contributed by atoms with Gasteiger partial charge >= 0.3 is 12.1 Å². The Morgan fingerprint density at radius 1 is 1.04 bits per heavy atom. The number of halogens is 3. The van der Waals surface area contributed by atoms with E-state index in [-0.39, 0.29) is 18.8 Å². The summed E-state index contributed by atoms with van der Waals surface area (Å²) < 4.78 is 46.2. The van der Waals surface area contributed by atoms with Gasteiger partial charge in [-0.1, -0.05) is 24.3 Å². The molecular formula is C19H20F3NO3. The van der Waals surface area contributed by atoms with Crippen LogP contribution in [0.25, 0.3) is 0 Å². The summed E-state index contributed by atoms with van der Waals surface area (Å²) in [5.41, 5.74) is 2.52. The highest BCUT2D eigenvalue weighted by Crippen LogP contribution is 2.19. The van der Waals surface area contributed by atoms with Gasteiger partial charge < -0.3 is 14.4 Å². The fraction of sp³-hybridized carbons (Fsp3) is 0.316. The Morgan fingerprint density at radius 3 is 2.35 bits per heavy atom. The summed E-state index contributed by atoms with van der Waals surface area (Å²) in [6, 6.07) is 13.5. The lowest BCUT2D eigenvalue weighted by Gasteiger charge is -2.13. The van der Waals surface area contributed by atoms with Crippen LogP contribution in [0.4, 0.5) is 18.9 Å². The molecule has 0 spiro atoms. The molecule has 2 aromatic carbocycles. The minimum absolute atomic E-state index is 0.0346. The molecule has 0 bridgehead atoms. The van der Waals surface area contributed by atoms with Crippen molar-refractivity contribution in [2.75, 3.05) is 25.6 Å². The molecule has 4 nitrogen and oxygen atoms in total. The highest BCUT2D eigenvalue weighted by Gasteiger charge is 2.28. The average Bonchev–Trinajstić information content (AvgIpc) is 2.59. The number of nitrogens with zero attached hydrogens (tertiary/aromatic N) is 1. The van der Waals surface area contributed by atoms with Crippen LogP contribution >= 0.6 is 0 Å². The number of esters is 1. The molecule has 0 aliphatic heterocycles. The first-order valence-corrected chi connectivity index (χ1v) is 7.93. The lowest BCUT2D eigenvalue weighted by Crippen LogP contribution is -2.19. The molecular weight excluding hydrogens is 347 g/mol. The number of benzene rings is 2. The smallest absolute Gasteiger partial charge is 0.422 e. The summed E-state index contributed by atoms with van der Waals surface area (Å²) in [4.78, 5) is 13.9. The standard InChI is InChI=1S/C19H20F3NO3/c1-23(2)16-5-3-4-15(10-16)12-25-18(24)11-14-6-8-17(9-7-14)26-13-19(20,21)22/h3-10H,11-13H2,1-2H3. The molecule has 0 atom stereocenters. The molecule has 0 aliphatic carbocycles. The molecule has 0 radical (unpaired) electrons. The summed E-state index contributed by atoms with van der Waals surface area (Å²) in [7, 11) is 3.85. The first-order valence-electron chi connectivity index (χ1n) is 7.93. The summed E-state index contributed by atoms with van der Waals surface area (Å²) in [5, 5.41) is 0. The quantitative estimate of drug-likeness (QED) is 0.694. The summed E-state index contributed by atoms with van der Waals surface area (Å²) in [6.45, 7) is -1.19. The van der Waals surface area contributed by atoms with Gasteiger partial charge in [-0.3, -0.25) is 4.79 Å². The maximum Gasteiger partial charge on any atom is 0.422 e. The van der Waals surface area contributed by atoms with E-state index >= 15 is 0 Å². The molecule has 2 aromatic rings. The molecule has 0 unspecified atom stereocenters. The predicted molar refractivity (Wildman–Crippen MR) is 92.3 cm³/mol. The van der Waals surface area contributed by atoms with E-state index in [4.69, 9.17) is 4.74 Å². The van der Waals surface area contributed by atoms with Crippen LogP contribution < -0.4 is 9.64 Å². The van der Waals surface area contributed by atoms with Gasteiger partial charge in [-0.2, -0.15) is 13.2 Å². The van der Waals surface area contributed by atoms with Crippen LogP contribution in [0, 0.1) is 0 Å². The Bertz CT molecular complexity index is 728. The molecule has 0 saturated carbocycles. The Morgan fingerprint density at radius 2 is 1.73 bits per heavy atom. The highest BCUT2D eigenvalue weighted by atomic mass is 19.4. The molecule has 0 aromatic heterocycles. The van der Waals surface area contributed by atoms with Gasteiger partial charge in [0.25, 0.3) is 0 Å². The van der Waals surface area contributed by atoms with Crippen LogP contribution in [0.3, 0.4) is 0 Å². The lowest BCUT2D eigenvalue weighted by molar-refractivity contribution is -0.153. The van der Waals surface area contributed by atoms with Crippen molar-refractivity contribution < 1.29 is 27.4 Å². The first kappa shape index (κ1) is 19.6. The zero-order chi connectivity index (χ0) is 19.2. The third-order valence-corrected chi connectivity index (χ3v) is 3.50. The fourth-order valence-corrected chi connectivity index (χ4v) is 2.17. The number of rotatable bonds is 7. The monoisotopic (exact) mass is 367 g/mol. The predicted octanol–water partition coefficient (Wildman–Crippen LogP) is 3.98. The van der Waals surface area contributed by atoms with Crippen molar-refractivity contribution in [3.63, 3.8) is 0 Å². The Kier molecular flexibility index (Phi) is 6.49. The van der Waals surface area contributed by atoms with Gasteiger partial charge in [-0.05, 0) is 35.4 Å². The molecule has 2 rings (SSSR count). The topological polar surface area (TPSA) is 38.8 Å². The normalized spacial score (nSPS) is 11.1. The van der Waals surface area contributed by atoms with E-state index in [1.807, 2.05) is 43.3 Å². The summed E-state index contributed by atoms with van der Waals surface area (Å²) in [6.07, 6.45) is -4.35. The number of carbonyl (C=O) groups excluding carboxylic acids is 1. The molecule has 0 N–H and O–H groups in total. The van der Waals surface area contributed by atoms with Crippen molar-refractivity contribution in [3.8, 4) is 5.75 Å². The summed E-state index contributed by atoms with van der Waals surface area (Å²) >= 11 is 0. The van der Waals surface area contributed by atoms with Crippen LogP contribution in [0.2, 0.25) is 0 Å². The minimum atomic E-state index is -4.38. The zero-order valence-electron chi connectivity index (χ0n) is 14.5. The van der Waals surface area contributed by atoms with Gasteiger partial charge in [0.1, 0.15) is 12.4 Å². The van der Waals surface area contributed by atoms with Crippen LogP contribution in [-0.2, 0) is 22.6 Å². The largest absolute Gasteiger partial charge is 0.484 e. The Hall–Kier alpha value is -2.70. The number of ether oxygens (including phenoxy) is 2. The maximum atomic E-state index is 12.1. The highest BCUT2D eigenvalue weighted by molar-refractivity contribution is 5.72. The molecule has 140 valence electrons. The third-order valence-electron chi connectivity index (χ3n) is 3.50. The Labute approximate surface area is 150 Å². The van der Waals surface area contributed by atoms with Gasteiger partial charge in [0.2, 0.25) is 0 Å². The van der Waals surface area contributed by atoms with Gasteiger partial charge in [-0.25, -0.2) is 0 Å². The van der Waals surface area contributed by atoms with E-state index in [9.17, 15) is 18.0 Å². The fourth-order valence-electron chi connectivity index (χ4n) is 2.17. The minimum Gasteiger partial charge on any atom is -0.484 e. The molecule has 0 heterocycles. The molecule has 0 aliphatic rings. The van der Waals surface area contributed by atoms with Gasteiger partial charge in [0.05, 0.1) is 6.42 Å². The van der Waals surface area contributed by atoms with E-state index < -0.39 is 18.8 Å². The van der Waals surface area contributed by atoms with Crippen molar-refractivity contribution in [1.82, 2.24) is 0 Å². The SMILES string of the molecule is CN(C)c1cccc(COC(=O)Cc2ccc(OCC(F)(F)F)cc2)c1. The Balaban J connectivity index is 1.83. The van der Waals surface area contributed by atoms with Gasteiger partial charge in [-0.15, -0.1) is 0 Å². The zero-order valence-corrected chi connectivity index (χ0v) is 14.5. The van der Waals surface area contributed by atoms with Crippen molar-refractivity contribution in [2.45, 2.75) is 19.2 Å². The van der Waals surface area contributed by atoms with Crippen LogP contribution in [0.15, 0.2) is 48.5 Å². The van der Waals surface area contributed by atoms with E-state index in [2.05, 4.69) is 4.74 Å². The second-order valence-corrected chi connectivity index (χ2v) is 5.95. The second-order valence-electron chi connectivity index (χ2n) is 5.95. The molecule has 0 fully saturated rings. The lowest BCUT2D eigenvalue weighted by atomic mass is 10.1. The molecule has 0 amide bonds. The van der Waals surface area contributed by atoms with Crippen LogP contribution in [0.5, 0.6) is 5.75 Å². The summed E-state index contributed by atoms with van der Waals surface area (Å²) in [5.74, 6) is -0.316.